The lowest BCUT2D eigenvalue weighted by molar-refractivity contribution is -0.137. The van der Waals surface area contributed by atoms with Crippen LogP contribution in [0.15, 0.2) is 48.5 Å². The van der Waals surface area contributed by atoms with Gasteiger partial charge in [-0.1, -0.05) is 36.4 Å². The zero-order valence-corrected chi connectivity index (χ0v) is 13.9. The number of hydrogen-bond donors (Lipinski definition) is 2. The molecule has 1 atom stereocenters. The van der Waals surface area contributed by atoms with Crippen molar-refractivity contribution in [3.05, 3.63) is 65.2 Å². The van der Waals surface area contributed by atoms with Crippen LogP contribution < -0.4 is 10.1 Å². The van der Waals surface area contributed by atoms with Crippen molar-refractivity contribution >= 4 is 11.9 Å². The Bertz CT molecular complexity index is 755. The van der Waals surface area contributed by atoms with Gasteiger partial charge in [0, 0.05) is 13.0 Å². The van der Waals surface area contributed by atoms with Crippen LogP contribution in [-0.4, -0.2) is 23.6 Å². The highest BCUT2D eigenvalue weighted by Gasteiger charge is 2.31. The molecule has 0 aliphatic heterocycles. The summed E-state index contributed by atoms with van der Waals surface area (Å²) in [6.45, 7) is 0.861. The third-order valence-corrected chi connectivity index (χ3v) is 4.36. The lowest BCUT2D eigenvalue weighted by atomic mass is 9.77. The first kappa shape index (κ1) is 17.0. The summed E-state index contributed by atoms with van der Waals surface area (Å²) in [6, 6.07) is 15.5. The Morgan fingerprint density at radius 2 is 1.88 bits per heavy atom. The fraction of sp³-hybridized carbons (Fsp3) is 0.300. The third kappa shape index (κ3) is 4.38. The van der Waals surface area contributed by atoms with Gasteiger partial charge >= 0.3 is 5.97 Å². The Morgan fingerprint density at radius 3 is 2.60 bits per heavy atom. The monoisotopic (exact) mass is 339 g/mol. The van der Waals surface area contributed by atoms with E-state index in [-0.39, 0.29) is 18.2 Å². The van der Waals surface area contributed by atoms with E-state index in [4.69, 9.17) is 9.84 Å². The Morgan fingerprint density at radius 1 is 1.12 bits per heavy atom. The molecule has 5 nitrogen and oxygen atoms in total. The molecule has 3 rings (SSSR count). The summed E-state index contributed by atoms with van der Waals surface area (Å²) in [7, 11) is 0. The summed E-state index contributed by atoms with van der Waals surface area (Å²) < 4.78 is 5.49. The van der Waals surface area contributed by atoms with Gasteiger partial charge in [-0.25, -0.2) is 0 Å². The second-order valence-corrected chi connectivity index (χ2v) is 6.16. The quantitative estimate of drug-likeness (QED) is 0.725. The molecule has 1 amide bonds. The van der Waals surface area contributed by atoms with Crippen molar-refractivity contribution in [3.63, 3.8) is 0 Å². The van der Waals surface area contributed by atoms with Crippen LogP contribution in [-0.2, 0) is 22.6 Å². The molecule has 1 aliphatic rings. The largest absolute Gasteiger partial charge is 0.494 e. The van der Waals surface area contributed by atoms with E-state index in [0.29, 0.717) is 25.3 Å². The maximum absolute atomic E-state index is 12.3. The van der Waals surface area contributed by atoms with E-state index in [1.165, 1.54) is 5.56 Å². The van der Waals surface area contributed by atoms with Gasteiger partial charge in [0.05, 0.1) is 12.5 Å². The lowest BCUT2D eigenvalue weighted by Crippen LogP contribution is -2.35. The van der Waals surface area contributed by atoms with Crippen LogP contribution in [0.25, 0.3) is 0 Å². The number of carboxylic acids is 1. The maximum Gasteiger partial charge on any atom is 0.303 e. The van der Waals surface area contributed by atoms with Crippen molar-refractivity contribution in [2.24, 2.45) is 0 Å². The molecular weight excluding hydrogens is 318 g/mol. The molecule has 0 saturated carbocycles. The number of nitrogens with one attached hydrogen (secondary N) is 1. The fourth-order valence-corrected chi connectivity index (χ4v) is 2.92. The highest BCUT2D eigenvalue weighted by molar-refractivity contribution is 5.86. The Hall–Kier alpha value is -2.82. The standard InChI is InChI=1S/C20H21NO4/c22-19(23)6-3-11-25-16-9-7-14(8-10-16)13-21-20(24)18-12-15-4-1-2-5-17(15)18/h1-2,4-5,7-10,18H,3,6,11-13H2,(H,21,24)(H,22,23). The van der Waals surface area contributed by atoms with Gasteiger partial charge in [0.25, 0.3) is 0 Å². The van der Waals surface area contributed by atoms with Crippen LogP contribution in [0.5, 0.6) is 5.75 Å². The van der Waals surface area contributed by atoms with Crippen LogP contribution in [0.1, 0.15) is 35.4 Å². The molecule has 0 radical (unpaired) electrons. The molecule has 0 fully saturated rings. The van der Waals surface area contributed by atoms with Gasteiger partial charge in [-0.15, -0.1) is 0 Å². The number of carbonyl (C=O) groups excluding carboxylic acids is 1. The highest BCUT2D eigenvalue weighted by Crippen LogP contribution is 2.34. The second kappa shape index (κ2) is 7.83. The molecule has 2 aromatic carbocycles. The molecule has 2 aromatic rings. The molecule has 5 heteroatoms. The van der Waals surface area contributed by atoms with Crippen LogP contribution in [0, 0.1) is 0 Å². The summed E-state index contributed by atoms with van der Waals surface area (Å²) in [5.41, 5.74) is 3.39. The van der Waals surface area contributed by atoms with Crippen LogP contribution in [0.2, 0.25) is 0 Å². The first-order chi connectivity index (χ1) is 12.1. The van der Waals surface area contributed by atoms with E-state index in [0.717, 1.165) is 17.5 Å². The molecule has 25 heavy (non-hydrogen) atoms. The van der Waals surface area contributed by atoms with Gasteiger partial charge in [-0.3, -0.25) is 9.59 Å². The molecule has 1 unspecified atom stereocenters. The minimum atomic E-state index is -0.816. The number of carbonyl (C=O) groups is 2. The van der Waals surface area contributed by atoms with Crippen LogP contribution in [0.3, 0.4) is 0 Å². The minimum Gasteiger partial charge on any atom is -0.494 e. The van der Waals surface area contributed by atoms with E-state index in [9.17, 15) is 9.59 Å². The molecule has 0 spiro atoms. The number of hydrogen-bond acceptors (Lipinski definition) is 3. The van der Waals surface area contributed by atoms with Gasteiger partial charge in [0.15, 0.2) is 0 Å². The average Bonchev–Trinajstić information content (AvgIpc) is 2.59. The van der Waals surface area contributed by atoms with Crippen molar-refractivity contribution in [3.8, 4) is 5.75 Å². The van der Waals surface area contributed by atoms with E-state index in [1.807, 2.05) is 42.5 Å². The van der Waals surface area contributed by atoms with E-state index in [1.54, 1.807) is 0 Å². The number of aliphatic carboxylic acids is 1. The predicted molar refractivity (Wildman–Crippen MR) is 93.5 cm³/mol. The van der Waals surface area contributed by atoms with Crippen molar-refractivity contribution < 1.29 is 19.4 Å². The smallest absolute Gasteiger partial charge is 0.303 e. The van der Waals surface area contributed by atoms with Crippen molar-refractivity contribution in [1.29, 1.82) is 0 Å². The molecule has 0 bridgehead atoms. The van der Waals surface area contributed by atoms with Crippen LogP contribution in [0.4, 0.5) is 0 Å². The van der Waals surface area contributed by atoms with Gasteiger partial charge in [0.2, 0.25) is 5.91 Å². The first-order valence-electron chi connectivity index (χ1n) is 8.42. The molecule has 0 saturated heterocycles. The number of rotatable bonds is 8. The summed E-state index contributed by atoms with van der Waals surface area (Å²) in [4.78, 5) is 22.7. The Kier molecular flexibility index (Phi) is 5.33. The summed E-state index contributed by atoms with van der Waals surface area (Å²) in [5, 5.41) is 11.6. The van der Waals surface area contributed by atoms with Crippen LogP contribution >= 0.6 is 0 Å². The number of fused-ring (bicyclic) bond motifs is 1. The predicted octanol–water partition coefficient (Wildman–Crippen LogP) is 2.89. The normalized spacial score (nSPS) is 15.0. The number of amides is 1. The number of benzene rings is 2. The minimum absolute atomic E-state index is 0.0342. The SMILES string of the molecule is O=C(O)CCCOc1ccc(CNC(=O)C2Cc3ccccc32)cc1. The zero-order valence-electron chi connectivity index (χ0n) is 13.9. The first-order valence-corrected chi connectivity index (χ1v) is 8.42. The van der Waals surface area contributed by atoms with Gasteiger partial charge < -0.3 is 15.2 Å². The number of ether oxygens (including phenoxy) is 1. The topological polar surface area (TPSA) is 75.6 Å². The van der Waals surface area contributed by atoms with Crippen molar-refractivity contribution in [2.45, 2.75) is 31.7 Å². The Balaban J connectivity index is 1.43. The molecule has 0 heterocycles. The van der Waals surface area contributed by atoms with E-state index in [2.05, 4.69) is 11.4 Å². The van der Waals surface area contributed by atoms with Gasteiger partial charge in [0.1, 0.15) is 5.75 Å². The second-order valence-electron chi connectivity index (χ2n) is 6.16. The summed E-state index contributed by atoms with van der Waals surface area (Å²) >= 11 is 0. The lowest BCUT2D eigenvalue weighted by Gasteiger charge is -2.28. The zero-order chi connectivity index (χ0) is 17.6. The molecule has 130 valence electrons. The fourth-order valence-electron chi connectivity index (χ4n) is 2.92. The van der Waals surface area contributed by atoms with E-state index >= 15 is 0 Å². The van der Waals surface area contributed by atoms with Gasteiger partial charge in [-0.2, -0.15) is 0 Å². The summed E-state index contributed by atoms with van der Waals surface area (Å²) in [6.07, 6.45) is 1.40. The van der Waals surface area contributed by atoms with Gasteiger partial charge in [-0.05, 0) is 41.7 Å². The maximum atomic E-state index is 12.3. The third-order valence-electron chi connectivity index (χ3n) is 4.36. The molecule has 2 N–H and O–H groups in total. The number of carboxylic acid groups (broad SMARTS) is 1. The molecular formula is C20H21NO4. The van der Waals surface area contributed by atoms with Crippen molar-refractivity contribution in [1.82, 2.24) is 5.32 Å². The van der Waals surface area contributed by atoms with Crippen molar-refractivity contribution in [2.75, 3.05) is 6.61 Å². The highest BCUT2D eigenvalue weighted by atomic mass is 16.5. The molecule has 0 aromatic heterocycles. The molecule has 1 aliphatic carbocycles. The van der Waals surface area contributed by atoms with E-state index < -0.39 is 5.97 Å². The Labute approximate surface area is 146 Å². The summed E-state index contributed by atoms with van der Waals surface area (Å²) in [5.74, 6) is -0.0853. The average molecular weight is 339 g/mol.